The predicted octanol–water partition coefficient (Wildman–Crippen LogP) is 7.94. The zero-order valence-corrected chi connectivity index (χ0v) is 21.6. The molecule has 4 rings (SSSR count). The summed E-state index contributed by atoms with van der Waals surface area (Å²) in [6, 6.07) is 18.7. The second-order valence-electron chi connectivity index (χ2n) is 8.09. The van der Waals surface area contributed by atoms with Crippen LogP contribution < -0.4 is 4.74 Å². The number of hydrogen-bond acceptors (Lipinski definition) is 5. The fourth-order valence-corrected chi connectivity index (χ4v) is 4.97. The van der Waals surface area contributed by atoms with E-state index in [-0.39, 0.29) is 23.2 Å². The van der Waals surface area contributed by atoms with Gasteiger partial charge in [0.05, 0.1) is 16.5 Å². The molecule has 0 aliphatic heterocycles. The van der Waals surface area contributed by atoms with Crippen LogP contribution in [0.2, 0.25) is 10.0 Å². The van der Waals surface area contributed by atoms with E-state index in [1.54, 1.807) is 18.2 Å². The van der Waals surface area contributed by atoms with Crippen LogP contribution in [0.4, 0.5) is 8.78 Å². The molecule has 0 spiro atoms. The fraction of sp³-hybridized carbons (Fsp3) is 0.192. The highest BCUT2D eigenvalue weighted by atomic mass is 35.5. The smallest absolute Gasteiger partial charge is 0.387 e. The minimum Gasteiger partial charge on any atom is -0.435 e. The molecule has 3 aromatic carbocycles. The van der Waals surface area contributed by atoms with Crippen LogP contribution in [0.5, 0.6) is 5.75 Å². The molecule has 0 aliphatic carbocycles. The third kappa shape index (κ3) is 5.88. The van der Waals surface area contributed by atoms with E-state index in [1.807, 2.05) is 28.8 Å². The molecular weight excluding hydrogens is 527 g/mol. The van der Waals surface area contributed by atoms with Crippen molar-refractivity contribution in [3.05, 3.63) is 87.9 Å². The zero-order valence-electron chi connectivity index (χ0n) is 19.3. The van der Waals surface area contributed by atoms with E-state index >= 15 is 0 Å². The van der Waals surface area contributed by atoms with Gasteiger partial charge in [0.15, 0.2) is 16.8 Å². The van der Waals surface area contributed by atoms with Crippen LogP contribution in [-0.4, -0.2) is 32.9 Å². The lowest BCUT2D eigenvalue weighted by Crippen LogP contribution is -2.07. The van der Waals surface area contributed by atoms with Crippen molar-refractivity contribution in [2.24, 2.45) is 0 Å². The molecule has 0 saturated heterocycles. The fourth-order valence-electron chi connectivity index (χ4n) is 3.64. The highest BCUT2D eigenvalue weighted by Gasteiger charge is 2.22. The first kappa shape index (κ1) is 26.1. The van der Waals surface area contributed by atoms with Crippen molar-refractivity contribution in [1.29, 1.82) is 0 Å². The molecule has 1 heterocycles. The standard InChI is InChI=1S/C26H21Cl2F2N3O2S/c1-15(2)19-5-3-4-6-22(19)33-24(20-12-9-17(27)13-21(20)28)31-32-26(33)36-14-23(34)16-7-10-18(11-8-16)35-25(29)30/h3-13,15,25H,14H2,1-2H3. The molecule has 0 unspecified atom stereocenters. The monoisotopic (exact) mass is 547 g/mol. The molecule has 0 N–H and O–H groups in total. The molecule has 186 valence electrons. The lowest BCUT2D eigenvalue weighted by atomic mass is 10.0. The van der Waals surface area contributed by atoms with Gasteiger partial charge < -0.3 is 4.74 Å². The van der Waals surface area contributed by atoms with E-state index in [4.69, 9.17) is 23.2 Å². The molecule has 10 heteroatoms. The van der Waals surface area contributed by atoms with Crippen molar-refractivity contribution in [2.45, 2.75) is 31.5 Å². The number of alkyl halides is 2. The Labute approximate surface area is 221 Å². The summed E-state index contributed by atoms with van der Waals surface area (Å²) in [5, 5.41) is 10.2. The van der Waals surface area contributed by atoms with E-state index in [2.05, 4.69) is 28.8 Å². The molecular formula is C26H21Cl2F2N3O2S. The highest BCUT2D eigenvalue weighted by molar-refractivity contribution is 7.99. The number of rotatable bonds is 9. The van der Waals surface area contributed by atoms with Crippen LogP contribution in [0, 0.1) is 0 Å². The average Bonchev–Trinajstić information content (AvgIpc) is 3.26. The number of ether oxygens (including phenoxy) is 1. The molecule has 0 atom stereocenters. The van der Waals surface area contributed by atoms with Crippen molar-refractivity contribution in [3.8, 4) is 22.8 Å². The number of aromatic nitrogens is 3. The minimum atomic E-state index is -2.93. The van der Waals surface area contributed by atoms with Gasteiger partial charge >= 0.3 is 6.61 Å². The van der Waals surface area contributed by atoms with Gasteiger partial charge in [0, 0.05) is 16.1 Å². The van der Waals surface area contributed by atoms with E-state index in [1.165, 1.54) is 36.0 Å². The number of para-hydroxylation sites is 1. The summed E-state index contributed by atoms with van der Waals surface area (Å²) >= 11 is 13.8. The summed E-state index contributed by atoms with van der Waals surface area (Å²) in [5.74, 6) is 0.592. The van der Waals surface area contributed by atoms with Crippen LogP contribution in [-0.2, 0) is 0 Å². The van der Waals surface area contributed by atoms with Crippen LogP contribution in [0.15, 0.2) is 71.9 Å². The summed E-state index contributed by atoms with van der Waals surface area (Å²) in [6.45, 7) is 1.26. The normalized spacial score (nSPS) is 11.3. The minimum absolute atomic E-state index is 0.0104. The number of nitrogens with zero attached hydrogens (tertiary/aromatic N) is 3. The lowest BCUT2D eigenvalue weighted by molar-refractivity contribution is -0.0498. The van der Waals surface area contributed by atoms with Crippen molar-refractivity contribution < 1.29 is 18.3 Å². The van der Waals surface area contributed by atoms with Crippen molar-refractivity contribution >= 4 is 40.7 Å². The first-order valence-electron chi connectivity index (χ1n) is 11.0. The second-order valence-corrected chi connectivity index (χ2v) is 9.88. The number of carbonyl (C=O) groups excluding carboxylic acids is 1. The Morgan fingerprint density at radius 2 is 1.75 bits per heavy atom. The zero-order chi connectivity index (χ0) is 25.8. The van der Waals surface area contributed by atoms with Gasteiger partial charge in [-0.25, -0.2) is 0 Å². The Kier molecular flexibility index (Phi) is 8.28. The van der Waals surface area contributed by atoms with Crippen LogP contribution in [0.1, 0.15) is 35.7 Å². The largest absolute Gasteiger partial charge is 0.435 e. The quantitative estimate of drug-likeness (QED) is 0.157. The number of thioether (sulfide) groups is 1. The molecule has 0 saturated carbocycles. The first-order chi connectivity index (χ1) is 17.2. The van der Waals surface area contributed by atoms with E-state index < -0.39 is 6.61 Å². The predicted molar refractivity (Wildman–Crippen MR) is 139 cm³/mol. The summed E-state index contributed by atoms with van der Waals surface area (Å²) < 4.78 is 31.0. The summed E-state index contributed by atoms with van der Waals surface area (Å²) in [7, 11) is 0. The number of carbonyl (C=O) groups is 1. The molecule has 36 heavy (non-hydrogen) atoms. The Bertz CT molecular complexity index is 1380. The Hall–Kier alpha value is -2.94. The number of halogens is 4. The van der Waals surface area contributed by atoms with Gasteiger partial charge in [-0.1, -0.05) is 67.0 Å². The second kappa shape index (κ2) is 11.4. The summed E-state index contributed by atoms with van der Waals surface area (Å²) in [5.41, 5.74) is 2.98. The third-order valence-corrected chi connectivity index (χ3v) is 6.82. The molecule has 0 bridgehead atoms. The molecule has 0 amide bonds. The van der Waals surface area contributed by atoms with Gasteiger partial charge in [-0.2, -0.15) is 8.78 Å². The van der Waals surface area contributed by atoms with E-state index in [0.29, 0.717) is 32.2 Å². The van der Waals surface area contributed by atoms with Crippen molar-refractivity contribution in [3.63, 3.8) is 0 Å². The van der Waals surface area contributed by atoms with Crippen molar-refractivity contribution in [1.82, 2.24) is 14.8 Å². The number of Topliss-reactive ketones (excluding diaryl/α,β-unsaturated/α-hetero) is 1. The Morgan fingerprint density at radius 3 is 2.42 bits per heavy atom. The maximum atomic E-state index is 12.8. The van der Waals surface area contributed by atoms with Crippen LogP contribution >= 0.6 is 35.0 Å². The first-order valence-corrected chi connectivity index (χ1v) is 12.7. The lowest BCUT2D eigenvalue weighted by Gasteiger charge is -2.17. The third-order valence-electron chi connectivity index (χ3n) is 5.34. The van der Waals surface area contributed by atoms with Gasteiger partial charge in [0.1, 0.15) is 5.75 Å². The van der Waals surface area contributed by atoms with Gasteiger partial charge in [-0.05, 0) is 60.0 Å². The maximum absolute atomic E-state index is 12.8. The average molecular weight is 548 g/mol. The molecule has 4 aromatic rings. The molecule has 5 nitrogen and oxygen atoms in total. The summed E-state index contributed by atoms with van der Waals surface area (Å²) in [6.07, 6.45) is 0. The van der Waals surface area contributed by atoms with E-state index in [9.17, 15) is 13.6 Å². The number of hydrogen-bond donors (Lipinski definition) is 0. The SMILES string of the molecule is CC(C)c1ccccc1-n1c(SCC(=O)c2ccc(OC(F)F)cc2)nnc1-c1ccc(Cl)cc1Cl. The summed E-state index contributed by atoms with van der Waals surface area (Å²) in [4.78, 5) is 12.8. The van der Waals surface area contributed by atoms with Gasteiger partial charge in [0.25, 0.3) is 0 Å². The van der Waals surface area contributed by atoms with Gasteiger partial charge in [-0.3, -0.25) is 9.36 Å². The number of ketones is 1. The molecule has 0 radical (unpaired) electrons. The van der Waals surface area contributed by atoms with Crippen LogP contribution in [0.25, 0.3) is 17.1 Å². The topological polar surface area (TPSA) is 57.0 Å². The Balaban J connectivity index is 1.68. The van der Waals surface area contributed by atoms with E-state index in [0.717, 1.165) is 11.3 Å². The molecule has 1 aromatic heterocycles. The van der Waals surface area contributed by atoms with Gasteiger partial charge in [0.2, 0.25) is 0 Å². The Morgan fingerprint density at radius 1 is 1.03 bits per heavy atom. The highest BCUT2D eigenvalue weighted by Crippen LogP contribution is 2.36. The van der Waals surface area contributed by atoms with Crippen molar-refractivity contribution in [2.75, 3.05) is 5.75 Å². The number of benzene rings is 3. The van der Waals surface area contributed by atoms with Gasteiger partial charge in [-0.15, -0.1) is 10.2 Å². The maximum Gasteiger partial charge on any atom is 0.387 e. The van der Waals surface area contributed by atoms with Crippen LogP contribution in [0.3, 0.4) is 0 Å². The molecule has 0 aliphatic rings. The molecule has 0 fully saturated rings.